The normalized spacial score (nSPS) is 13.5. The molecule has 0 heterocycles. The molecule has 0 aromatic carbocycles. The first-order valence-electron chi connectivity index (χ1n) is 2.30. The van der Waals surface area contributed by atoms with Crippen molar-refractivity contribution >= 4 is 46.7 Å². The van der Waals surface area contributed by atoms with E-state index in [4.69, 9.17) is 34.8 Å². The van der Waals surface area contributed by atoms with E-state index in [0.29, 0.717) is 0 Å². The first-order valence-corrected chi connectivity index (χ1v) is 3.59. The predicted molar refractivity (Wildman–Crippen MR) is 47.5 cm³/mol. The predicted octanol–water partition coefficient (Wildman–Crippen LogP) is 2.60. The van der Waals surface area contributed by atoms with Gasteiger partial charge in [-0.3, -0.25) is 9.98 Å². The fourth-order valence-corrected chi connectivity index (χ4v) is 0.679. The molecule has 2 nitrogen and oxygen atoms in total. The Bertz CT molecular complexity index is 174. The van der Waals surface area contributed by atoms with E-state index in [1.807, 2.05) is 0 Å². The third-order valence-electron chi connectivity index (χ3n) is 0.600. The van der Waals surface area contributed by atoms with Gasteiger partial charge in [0.2, 0.25) is 0 Å². The van der Waals surface area contributed by atoms with E-state index in [9.17, 15) is 0 Å². The van der Waals surface area contributed by atoms with E-state index in [-0.39, 0.29) is 16.2 Å². The summed E-state index contributed by atoms with van der Waals surface area (Å²) in [5, 5.41) is 0.376. The van der Waals surface area contributed by atoms with Gasteiger partial charge in [-0.15, -0.1) is 11.6 Å². The minimum absolute atomic E-state index is 0.0834. The van der Waals surface area contributed by atoms with Gasteiger partial charge in [0.25, 0.3) is 0 Å². The molecule has 0 rings (SSSR count). The fourth-order valence-electron chi connectivity index (χ4n) is 0.261. The molecule has 0 unspecified atom stereocenters. The van der Waals surface area contributed by atoms with Crippen LogP contribution in [0.1, 0.15) is 0 Å². The van der Waals surface area contributed by atoms with Crippen LogP contribution in [0.4, 0.5) is 0 Å². The summed E-state index contributed by atoms with van der Waals surface area (Å²) in [5.74, 6) is 0. The standard InChI is InChI=1S/C5H5Cl3N2/c1-9-2-4(7)5(8)10-3-6/h2H,1,3H2/b4-2+,10-5?. The Hall–Kier alpha value is -0.0500. The number of allylic oxidation sites excluding steroid dienone is 1. The maximum absolute atomic E-state index is 5.52. The number of halogens is 3. The van der Waals surface area contributed by atoms with Crippen molar-refractivity contribution in [2.45, 2.75) is 0 Å². The Labute approximate surface area is 74.2 Å². The summed E-state index contributed by atoms with van der Waals surface area (Å²) in [7, 11) is 0. The van der Waals surface area contributed by atoms with Gasteiger partial charge in [-0.05, 0) is 6.72 Å². The lowest BCUT2D eigenvalue weighted by Gasteiger charge is -1.90. The van der Waals surface area contributed by atoms with Crippen LogP contribution in [0.3, 0.4) is 0 Å². The van der Waals surface area contributed by atoms with Gasteiger partial charge < -0.3 is 0 Å². The highest BCUT2D eigenvalue weighted by Gasteiger charge is 1.96. The summed E-state index contributed by atoms with van der Waals surface area (Å²) in [6, 6.07) is 0.0834. The maximum Gasteiger partial charge on any atom is 0.145 e. The van der Waals surface area contributed by atoms with Crippen LogP contribution in [-0.4, -0.2) is 17.9 Å². The zero-order chi connectivity index (χ0) is 7.98. The van der Waals surface area contributed by atoms with Gasteiger partial charge in [0.05, 0.1) is 5.03 Å². The lowest BCUT2D eigenvalue weighted by atomic mass is 10.6. The first kappa shape index (κ1) is 9.95. The SMILES string of the molecule is C=N/C=C(/Cl)C(Cl)=NCCl. The van der Waals surface area contributed by atoms with E-state index in [2.05, 4.69) is 16.7 Å². The lowest BCUT2D eigenvalue weighted by Crippen LogP contribution is -1.86. The number of rotatable bonds is 3. The number of alkyl halides is 1. The van der Waals surface area contributed by atoms with Crippen LogP contribution < -0.4 is 0 Å². The summed E-state index contributed by atoms with van der Waals surface area (Å²) in [6.07, 6.45) is 1.29. The molecule has 0 spiro atoms. The van der Waals surface area contributed by atoms with E-state index in [1.54, 1.807) is 0 Å². The third-order valence-corrected chi connectivity index (χ3v) is 1.42. The maximum atomic E-state index is 5.52. The van der Waals surface area contributed by atoms with E-state index < -0.39 is 0 Å². The van der Waals surface area contributed by atoms with Crippen molar-refractivity contribution in [2.24, 2.45) is 9.98 Å². The summed E-state index contributed by atoms with van der Waals surface area (Å²) < 4.78 is 0. The quantitative estimate of drug-likeness (QED) is 0.379. The second kappa shape index (κ2) is 5.71. The first-order chi connectivity index (χ1) is 4.72. The Balaban J connectivity index is 4.19. The number of nitrogens with zero attached hydrogens (tertiary/aromatic N) is 2. The number of hydrogen-bond donors (Lipinski definition) is 0. The Kier molecular flexibility index (Phi) is 5.69. The van der Waals surface area contributed by atoms with Gasteiger partial charge >= 0.3 is 0 Å². The van der Waals surface area contributed by atoms with Crippen LogP contribution in [-0.2, 0) is 0 Å². The van der Waals surface area contributed by atoms with Crippen molar-refractivity contribution in [1.29, 1.82) is 0 Å². The van der Waals surface area contributed by atoms with Crippen LogP contribution in [0, 0.1) is 0 Å². The third kappa shape index (κ3) is 3.88. The van der Waals surface area contributed by atoms with Gasteiger partial charge in [-0.25, -0.2) is 0 Å². The number of hydrogen-bond acceptors (Lipinski definition) is 2. The van der Waals surface area contributed by atoms with E-state index in [1.165, 1.54) is 6.20 Å². The average molecular weight is 199 g/mol. The van der Waals surface area contributed by atoms with Crippen LogP contribution in [0.2, 0.25) is 0 Å². The molecule has 0 aromatic heterocycles. The van der Waals surface area contributed by atoms with Crippen LogP contribution in [0.5, 0.6) is 0 Å². The molecule has 0 saturated carbocycles. The molecule has 0 bridgehead atoms. The summed E-state index contributed by atoms with van der Waals surface area (Å²) in [6.45, 7) is 3.19. The average Bonchev–Trinajstić information content (AvgIpc) is 1.89. The molecule has 0 atom stereocenters. The molecule has 0 fully saturated rings. The van der Waals surface area contributed by atoms with Crippen LogP contribution in [0.25, 0.3) is 0 Å². The molecular weight excluding hydrogens is 194 g/mol. The largest absolute Gasteiger partial charge is 0.271 e. The van der Waals surface area contributed by atoms with Gasteiger partial charge in [0.15, 0.2) is 0 Å². The van der Waals surface area contributed by atoms with Crippen molar-refractivity contribution < 1.29 is 0 Å². The molecular formula is C5H5Cl3N2. The van der Waals surface area contributed by atoms with Gasteiger partial charge in [-0.2, -0.15) is 0 Å². The van der Waals surface area contributed by atoms with Gasteiger partial charge in [0.1, 0.15) is 11.2 Å². The number of aliphatic imine (C=N–C) groups is 2. The van der Waals surface area contributed by atoms with Gasteiger partial charge in [-0.1, -0.05) is 23.2 Å². The molecule has 0 amide bonds. The minimum Gasteiger partial charge on any atom is -0.271 e. The van der Waals surface area contributed by atoms with Crippen molar-refractivity contribution in [3.63, 3.8) is 0 Å². The molecule has 0 aliphatic carbocycles. The van der Waals surface area contributed by atoms with Crippen molar-refractivity contribution in [3.05, 3.63) is 11.2 Å². The molecule has 5 heteroatoms. The minimum atomic E-state index is 0.0834. The molecule has 0 N–H and O–H groups in total. The zero-order valence-electron chi connectivity index (χ0n) is 5.02. The summed E-state index contributed by atoms with van der Waals surface area (Å²) >= 11 is 16.2. The Morgan fingerprint density at radius 2 is 2.10 bits per heavy atom. The van der Waals surface area contributed by atoms with Crippen LogP contribution >= 0.6 is 34.8 Å². The lowest BCUT2D eigenvalue weighted by molar-refractivity contribution is 1.38. The van der Waals surface area contributed by atoms with Gasteiger partial charge in [0, 0.05) is 6.20 Å². The van der Waals surface area contributed by atoms with Crippen molar-refractivity contribution in [2.75, 3.05) is 6.00 Å². The van der Waals surface area contributed by atoms with E-state index >= 15 is 0 Å². The zero-order valence-corrected chi connectivity index (χ0v) is 7.29. The Morgan fingerprint density at radius 1 is 1.50 bits per heavy atom. The second-order valence-corrected chi connectivity index (χ2v) is 2.23. The highest BCUT2D eigenvalue weighted by Crippen LogP contribution is 2.08. The summed E-state index contributed by atoms with van der Waals surface area (Å²) in [5.41, 5.74) is 0. The highest BCUT2D eigenvalue weighted by molar-refractivity contribution is 6.76. The molecule has 10 heavy (non-hydrogen) atoms. The van der Waals surface area contributed by atoms with E-state index in [0.717, 1.165) is 0 Å². The highest BCUT2D eigenvalue weighted by atomic mass is 35.5. The second-order valence-electron chi connectivity index (χ2n) is 1.23. The molecule has 56 valence electrons. The fraction of sp³-hybridized carbons (Fsp3) is 0.200. The topological polar surface area (TPSA) is 24.7 Å². The molecule has 0 radical (unpaired) electrons. The molecule has 0 aromatic rings. The Morgan fingerprint density at radius 3 is 2.50 bits per heavy atom. The van der Waals surface area contributed by atoms with Crippen LogP contribution in [0.15, 0.2) is 21.2 Å². The molecule has 0 aliphatic heterocycles. The molecule has 0 saturated heterocycles. The van der Waals surface area contributed by atoms with Crippen molar-refractivity contribution in [3.8, 4) is 0 Å². The smallest absolute Gasteiger partial charge is 0.145 e. The monoisotopic (exact) mass is 198 g/mol. The summed E-state index contributed by atoms with van der Waals surface area (Å²) in [4.78, 5) is 6.99. The molecule has 0 aliphatic rings. The van der Waals surface area contributed by atoms with Crippen molar-refractivity contribution in [1.82, 2.24) is 0 Å².